The van der Waals surface area contributed by atoms with E-state index in [1.165, 1.54) is 12.1 Å². The van der Waals surface area contributed by atoms with Gasteiger partial charge in [0.1, 0.15) is 17.3 Å². The Morgan fingerprint density at radius 3 is 2.44 bits per heavy atom. The van der Waals surface area contributed by atoms with Crippen LogP contribution in [0.4, 0.5) is 4.39 Å². The molecule has 0 radical (unpaired) electrons. The van der Waals surface area contributed by atoms with E-state index in [0.29, 0.717) is 33.9 Å². The second kappa shape index (κ2) is 5.19. The minimum absolute atomic E-state index is 0.281. The number of rotatable bonds is 3. The van der Waals surface area contributed by atoms with Crippen molar-refractivity contribution in [2.45, 2.75) is 6.92 Å². The Kier molecular flexibility index (Phi) is 3.63. The van der Waals surface area contributed by atoms with Crippen LogP contribution in [0.15, 0.2) is 36.4 Å². The van der Waals surface area contributed by atoms with E-state index in [2.05, 4.69) is 0 Å². The first-order chi connectivity index (χ1) is 8.60. The molecule has 0 atom stereocenters. The van der Waals surface area contributed by atoms with Crippen molar-refractivity contribution in [3.8, 4) is 11.5 Å². The third-order valence-corrected chi connectivity index (χ3v) is 2.79. The molecule has 0 saturated carbocycles. The molecule has 0 bridgehead atoms. The van der Waals surface area contributed by atoms with Crippen molar-refractivity contribution in [3.05, 3.63) is 58.4 Å². The maximum Gasteiger partial charge on any atom is 0.151 e. The third kappa shape index (κ3) is 2.68. The number of aldehydes is 1. The fraction of sp³-hybridized carbons (Fsp3) is 0.0714. The zero-order chi connectivity index (χ0) is 13.1. The molecule has 2 rings (SSSR count). The summed E-state index contributed by atoms with van der Waals surface area (Å²) in [4.78, 5) is 10.6. The van der Waals surface area contributed by atoms with Gasteiger partial charge in [-0.25, -0.2) is 4.39 Å². The van der Waals surface area contributed by atoms with E-state index in [9.17, 15) is 9.18 Å². The van der Waals surface area contributed by atoms with Crippen molar-refractivity contribution in [1.82, 2.24) is 0 Å². The summed E-state index contributed by atoms with van der Waals surface area (Å²) >= 11 is 5.88. The Bertz CT molecular complexity index is 596. The molecule has 0 aromatic heterocycles. The smallest absolute Gasteiger partial charge is 0.151 e. The van der Waals surface area contributed by atoms with Crippen molar-refractivity contribution in [1.29, 1.82) is 0 Å². The number of ether oxygens (including phenoxy) is 1. The van der Waals surface area contributed by atoms with Crippen LogP contribution >= 0.6 is 11.6 Å². The lowest BCUT2D eigenvalue weighted by Crippen LogP contribution is -1.89. The van der Waals surface area contributed by atoms with Crippen molar-refractivity contribution in [3.63, 3.8) is 0 Å². The van der Waals surface area contributed by atoms with Crippen molar-refractivity contribution >= 4 is 17.9 Å². The number of carbonyl (C=O) groups excluding carboxylic acids is 1. The van der Waals surface area contributed by atoms with E-state index in [1.807, 2.05) is 0 Å². The molecule has 4 heteroatoms. The average Bonchev–Trinajstić information content (AvgIpc) is 2.34. The van der Waals surface area contributed by atoms with Gasteiger partial charge in [0.25, 0.3) is 0 Å². The predicted molar refractivity (Wildman–Crippen MR) is 68.1 cm³/mol. The van der Waals surface area contributed by atoms with Gasteiger partial charge in [0.15, 0.2) is 6.29 Å². The molecule has 2 nitrogen and oxygen atoms in total. The molecule has 0 unspecified atom stereocenters. The molecule has 0 heterocycles. The number of carbonyl (C=O) groups is 1. The predicted octanol–water partition coefficient (Wildman–Crippen LogP) is 4.39. The molecular formula is C14H10ClFO2. The number of hydrogen-bond acceptors (Lipinski definition) is 2. The molecule has 0 amide bonds. The molecule has 0 aliphatic heterocycles. The van der Waals surface area contributed by atoms with Gasteiger partial charge in [0.2, 0.25) is 0 Å². The summed E-state index contributed by atoms with van der Waals surface area (Å²) < 4.78 is 18.6. The molecule has 0 N–H and O–H groups in total. The van der Waals surface area contributed by atoms with E-state index in [4.69, 9.17) is 16.3 Å². The summed E-state index contributed by atoms with van der Waals surface area (Å²) in [5.74, 6) is 0.733. The number of aryl methyl sites for hydroxylation is 1. The molecule has 18 heavy (non-hydrogen) atoms. The average molecular weight is 265 g/mol. The van der Waals surface area contributed by atoms with Gasteiger partial charge in [0.05, 0.1) is 5.02 Å². The molecule has 0 spiro atoms. The normalized spacial score (nSPS) is 10.2. The fourth-order valence-corrected chi connectivity index (χ4v) is 1.70. The van der Waals surface area contributed by atoms with Crippen LogP contribution in [-0.4, -0.2) is 6.29 Å². The molecule has 0 aliphatic rings. The van der Waals surface area contributed by atoms with Gasteiger partial charge in [-0.2, -0.15) is 0 Å². The Balaban J connectivity index is 2.25. The van der Waals surface area contributed by atoms with Gasteiger partial charge in [-0.15, -0.1) is 0 Å². The highest BCUT2D eigenvalue weighted by atomic mass is 35.5. The quantitative estimate of drug-likeness (QED) is 0.769. The van der Waals surface area contributed by atoms with Gasteiger partial charge < -0.3 is 4.74 Å². The monoisotopic (exact) mass is 264 g/mol. The Morgan fingerprint density at radius 2 is 1.83 bits per heavy atom. The second-order valence-electron chi connectivity index (χ2n) is 3.81. The van der Waals surface area contributed by atoms with Crippen LogP contribution in [0.3, 0.4) is 0 Å². The maximum absolute atomic E-state index is 13.1. The summed E-state index contributed by atoms with van der Waals surface area (Å²) in [5.41, 5.74) is 0.905. The van der Waals surface area contributed by atoms with Gasteiger partial charge in [-0.3, -0.25) is 4.79 Å². The topological polar surface area (TPSA) is 26.3 Å². The lowest BCUT2D eigenvalue weighted by molar-refractivity contribution is 0.112. The summed E-state index contributed by atoms with van der Waals surface area (Å²) in [6.07, 6.45) is 0.675. The first-order valence-corrected chi connectivity index (χ1v) is 5.66. The number of halogens is 2. The van der Waals surface area contributed by atoms with Gasteiger partial charge >= 0.3 is 0 Å². The van der Waals surface area contributed by atoms with E-state index < -0.39 is 0 Å². The minimum atomic E-state index is -0.281. The summed E-state index contributed by atoms with van der Waals surface area (Å²) in [6.45, 7) is 1.66. The highest BCUT2D eigenvalue weighted by Gasteiger charge is 2.04. The van der Waals surface area contributed by atoms with Crippen LogP contribution in [0, 0.1) is 12.7 Å². The zero-order valence-electron chi connectivity index (χ0n) is 9.61. The molecule has 0 fully saturated rings. The SMILES string of the molecule is Cc1cc(Oc2ccc(C=O)c(Cl)c2)ccc1F. The standard InChI is InChI=1S/C14H10ClFO2/c1-9-6-11(4-5-14(9)16)18-12-3-2-10(8-17)13(15)7-12/h2-8H,1H3. The Morgan fingerprint density at radius 1 is 1.17 bits per heavy atom. The van der Waals surface area contributed by atoms with E-state index >= 15 is 0 Å². The minimum Gasteiger partial charge on any atom is -0.457 e. The Labute approximate surface area is 109 Å². The molecule has 92 valence electrons. The van der Waals surface area contributed by atoms with Crippen molar-refractivity contribution in [2.24, 2.45) is 0 Å². The molecule has 2 aromatic carbocycles. The molecular weight excluding hydrogens is 255 g/mol. The summed E-state index contributed by atoms with van der Waals surface area (Å²) in [6, 6.07) is 9.21. The van der Waals surface area contributed by atoms with Gasteiger partial charge in [0, 0.05) is 11.6 Å². The highest BCUT2D eigenvalue weighted by Crippen LogP contribution is 2.27. The zero-order valence-corrected chi connectivity index (χ0v) is 10.4. The van der Waals surface area contributed by atoms with E-state index in [1.54, 1.807) is 31.2 Å². The first-order valence-electron chi connectivity index (χ1n) is 5.29. The third-order valence-electron chi connectivity index (χ3n) is 2.46. The fourth-order valence-electron chi connectivity index (χ4n) is 1.48. The summed E-state index contributed by atoms with van der Waals surface area (Å²) in [5, 5.41) is 0.321. The number of benzene rings is 2. The Hall–Kier alpha value is -1.87. The van der Waals surface area contributed by atoms with Crippen LogP contribution in [0.2, 0.25) is 5.02 Å². The molecule has 0 saturated heterocycles. The second-order valence-corrected chi connectivity index (χ2v) is 4.22. The van der Waals surface area contributed by atoms with E-state index in [0.717, 1.165) is 0 Å². The molecule has 2 aromatic rings. The molecule has 0 aliphatic carbocycles. The lowest BCUT2D eigenvalue weighted by Gasteiger charge is -2.07. The van der Waals surface area contributed by atoms with Crippen LogP contribution in [-0.2, 0) is 0 Å². The van der Waals surface area contributed by atoms with Gasteiger partial charge in [-0.1, -0.05) is 11.6 Å². The maximum atomic E-state index is 13.1. The van der Waals surface area contributed by atoms with Crippen LogP contribution < -0.4 is 4.74 Å². The van der Waals surface area contributed by atoms with Crippen LogP contribution in [0.5, 0.6) is 11.5 Å². The highest BCUT2D eigenvalue weighted by molar-refractivity contribution is 6.33. The lowest BCUT2D eigenvalue weighted by atomic mass is 10.2. The van der Waals surface area contributed by atoms with Gasteiger partial charge in [-0.05, 0) is 42.8 Å². The largest absolute Gasteiger partial charge is 0.457 e. The summed E-state index contributed by atoms with van der Waals surface area (Å²) in [7, 11) is 0. The first kappa shape index (κ1) is 12.6. The van der Waals surface area contributed by atoms with Crippen LogP contribution in [0.25, 0.3) is 0 Å². The van der Waals surface area contributed by atoms with Crippen molar-refractivity contribution in [2.75, 3.05) is 0 Å². The van der Waals surface area contributed by atoms with Crippen LogP contribution in [0.1, 0.15) is 15.9 Å². The van der Waals surface area contributed by atoms with E-state index in [-0.39, 0.29) is 5.82 Å². The number of hydrogen-bond donors (Lipinski definition) is 0. The van der Waals surface area contributed by atoms with Crippen molar-refractivity contribution < 1.29 is 13.9 Å².